The number of benzene rings is 1. The smallest absolute Gasteiger partial charge is 0.229 e. The summed E-state index contributed by atoms with van der Waals surface area (Å²) in [7, 11) is 3.72. The molecular formula is C16H21N9S. The van der Waals surface area contributed by atoms with E-state index in [-0.39, 0.29) is 11.2 Å². The van der Waals surface area contributed by atoms with Crippen LogP contribution in [0.4, 0.5) is 11.9 Å². The van der Waals surface area contributed by atoms with Crippen LogP contribution in [0.1, 0.15) is 29.1 Å². The first-order valence-electron chi connectivity index (χ1n) is 8.07. The van der Waals surface area contributed by atoms with Gasteiger partial charge >= 0.3 is 0 Å². The van der Waals surface area contributed by atoms with E-state index in [4.69, 9.17) is 5.73 Å². The van der Waals surface area contributed by atoms with E-state index >= 15 is 0 Å². The number of rotatable bonds is 5. The average molecular weight is 371 g/mol. The molecule has 9 nitrogen and oxygen atoms in total. The van der Waals surface area contributed by atoms with Crippen LogP contribution in [-0.2, 0) is 0 Å². The number of nitrogens with zero attached hydrogens (tertiary/aromatic N) is 8. The standard InChI is InChI=1S/C16H21N9S/c1-9-7-6-8-10(2)12(9)25-16(21-22-23-25)26-11(3)13-18-14(17)20-15(19-13)24(4)5/h6-8,11H,1-5H3,(H2,17,18,19,20). The van der Waals surface area contributed by atoms with Crippen LogP contribution in [0.3, 0.4) is 0 Å². The molecule has 136 valence electrons. The van der Waals surface area contributed by atoms with Crippen LogP contribution < -0.4 is 10.6 Å². The van der Waals surface area contributed by atoms with Gasteiger partial charge in [-0.25, -0.2) is 0 Å². The van der Waals surface area contributed by atoms with E-state index in [1.54, 1.807) is 9.58 Å². The van der Waals surface area contributed by atoms with Gasteiger partial charge in [-0.1, -0.05) is 30.0 Å². The lowest BCUT2D eigenvalue weighted by Crippen LogP contribution is -2.16. The van der Waals surface area contributed by atoms with Crippen LogP contribution in [0.25, 0.3) is 5.69 Å². The van der Waals surface area contributed by atoms with Gasteiger partial charge in [0.1, 0.15) is 5.82 Å². The second-order valence-electron chi connectivity index (χ2n) is 6.12. The van der Waals surface area contributed by atoms with E-state index in [1.165, 1.54) is 11.8 Å². The molecule has 0 radical (unpaired) electrons. The molecule has 26 heavy (non-hydrogen) atoms. The van der Waals surface area contributed by atoms with Gasteiger partial charge in [0.15, 0.2) is 0 Å². The second-order valence-corrected chi connectivity index (χ2v) is 7.43. The quantitative estimate of drug-likeness (QED) is 0.673. The van der Waals surface area contributed by atoms with E-state index in [0.29, 0.717) is 16.9 Å². The van der Waals surface area contributed by atoms with E-state index in [2.05, 4.69) is 30.5 Å². The second kappa shape index (κ2) is 7.24. The fraction of sp³-hybridized carbons (Fsp3) is 0.375. The third-order valence-electron chi connectivity index (χ3n) is 3.80. The molecule has 10 heteroatoms. The average Bonchev–Trinajstić information content (AvgIpc) is 3.02. The van der Waals surface area contributed by atoms with Crippen LogP contribution in [0, 0.1) is 13.8 Å². The van der Waals surface area contributed by atoms with E-state index in [0.717, 1.165) is 16.8 Å². The molecule has 0 aliphatic heterocycles. The van der Waals surface area contributed by atoms with Crippen molar-refractivity contribution in [2.24, 2.45) is 0 Å². The third kappa shape index (κ3) is 3.59. The first kappa shape index (κ1) is 18.1. The topological polar surface area (TPSA) is 112 Å². The fourth-order valence-electron chi connectivity index (χ4n) is 2.52. The number of aryl methyl sites for hydroxylation is 2. The Balaban J connectivity index is 1.93. The summed E-state index contributed by atoms with van der Waals surface area (Å²) in [6, 6.07) is 6.10. The lowest BCUT2D eigenvalue weighted by atomic mass is 10.1. The van der Waals surface area contributed by atoms with E-state index < -0.39 is 0 Å². The Bertz CT molecular complexity index is 902. The molecular weight excluding hydrogens is 350 g/mol. The molecule has 2 N–H and O–H groups in total. The Morgan fingerprint density at radius 2 is 1.81 bits per heavy atom. The van der Waals surface area contributed by atoms with Gasteiger partial charge < -0.3 is 10.6 Å². The molecule has 0 bridgehead atoms. The molecule has 2 heterocycles. The minimum absolute atomic E-state index is 0.104. The molecule has 0 fully saturated rings. The zero-order valence-corrected chi connectivity index (χ0v) is 16.2. The third-order valence-corrected chi connectivity index (χ3v) is 4.83. The number of nitrogens with two attached hydrogens (primary N) is 1. The number of hydrogen-bond acceptors (Lipinski definition) is 9. The van der Waals surface area contributed by atoms with Crippen LogP contribution in [0.15, 0.2) is 23.4 Å². The zero-order valence-electron chi connectivity index (χ0n) is 15.4. The SMILES string of the molecule is Cc1cccc(C)c1-n1nnnc1SC(C)c1nc(N)nc(N(C)C)n1. The lowest BCUT2D eigenvalue weighted by Gasteiger charge is -2.15. The molecule has 0 saturated heterocycles. The highest BCUT2D eigenvalue weighted by Gasteiger charge is 2.20. The number of hydrogen-bond donors (Lipinski definition) is 1. The minimum atomic E-state index is -0.104. The highest BCUT2D eigenvalue weighted by Crippen LogP contribution is 2.33. The monoisotopic (exact) mass is 371 g/mol. The predicted molar refractivity (Wildman–Crippen MR) is 101 cm³/mol. The van der Waals surface area contributed by atoms with Crippen molar-refractivity contribution in [3.8, 4) is 5.69 Å². The molecule has 3 rings (SSSR count). The Labute approximate surface area is 156 Å². The number of anilines is 2. The fourth-order valence-corrected chi connectivity index (χ4v) is 3.36. The van der Waals surface area contributed by atoms with Crippen molar-refractivity contribution >= 4 is 23.7 Å². The molecule has 0 saturated carbocycles. The first-order chi connectivity index (χ1) is 12.4. The Kier molecular flexibility index (Phi) is 5.03. The molecule has 0 aliphatic rings. The lowest BCUT2D eigenvalue weighted by molar-refractivity contribution is 0.744. The summed E-state index contributed by atoms with van der Waals surface area (Å²) in [6.07, 6.45) is 0. The van der Waals surface area contributed by atoms with Crippen LogP contribution in [0.2, 0.25) is 0 Å². The number of para-hydroxylation sites is 1. The van der Waals surface area contributed by atoms with Gasteiger partial charge in [-0.05, 0) is 42.3 Å². The summed E-state index contributed by atoms with van der Waals surface area (Å²) in [4.78, 5) is 14.7. The van der Waals surface area contributed by atoms with Gasteiger partial charge in [0.25, 0.3) is 0 Å². The summed E-state index contributed by atoms with van der Waals surface area (Å²) in [6.45, 7) is 6.07. The molecule has 1 aromatic carbocycles. The number of tetrazole rings is 1. The summed E-state index contributed by atoms with van der Waals surface area (Å²) < 4.78 is 1.75. The predicted octanol–water partition coefficient (Wildman–Crippen LogP) is 1.97. The largest absolute Gasteiger partial charge is 0.368 e. The first-order valence-corrected chi connectivity index (χ1v) is 8.95. The van der Waals surface area contributed by atoms with Crippen molar-refractivity contribution in [1.29, 1.82) is 0 Å². The van der Waals surface area contributed by atoms with Gasteiger partial charge in [0, 0.05) is 14.1 Å². The molecule has 0 aliphatic carbocycles. The summed E-state index contributed by atoms with van der Waals surface area (Å²) >= 11 is 1.47. The molecule has 3 aromatic rings. The molecule has 2 aromatic heterocycles. The van der Waals surface area contributed by atoms with Crippen LogP contribution in [-0.4, -0.2) is 49.3 Å². The Hall–Kier alpha value is -2.75. The zero-order chi connectivity index (χ0) is 18.8. The molecule has 0 spiro atoms. The highest BCUT2D eigenvalue weighted by atomic mass is 32.2. The van der Waals surface area contributed by atoms with Crippen molar-refractivity contribution < 1.29 is 0 Å². The van der Waals surface area contributed by atoms with Crippen LogP contribution >= 0.6 is 11.8 Å². The maximum Gasteiger partial charge on any atom is 0.229 e. The van der Waals surface area contributed by atoms with Gasteiger partial charge in [-0.3, -0.25) is 0 Å². The summed E-state index contributed by atoms with van der Waals surface area (Å²) in [5.41, 5.74) is 9.01. The molecule has 0 amide bonds. The van der Waals surface area contributed by atoms with Crippen molar-refractivity contribution in [1.82, 2.24) is 35.2 Å². The van der Waals surface area contributed by atoms with Crippen molar-refractivity contribution in [3.63, 3.8) is 0 Å². The normalized spacial score (nSPS) is 12.2. The van der Waals surface area contributed by atoms with Crippen molar-refractivity contribution in [2.45, 2.75) is 31.2 Å². The Morgan fingerprint density at radius 1 is 1.12 bits per heavy atom. The number of thioether (sulfide) groups is 1. The summed E-state index contributed by atoms with van der Waals surface area (Å²) in [5, 5.41) is 12.7. The number of aromatic nitrogens is 7. The van der Waals surface area contributed by atoms with Crippen molar-refractivity contribution in [2.75, 3.05) is 24.7 Å². The Morgan fingerprint density at radius 3 is 2.46 bits per heavy atom. The van der Waals surface area contributed by atoms with Gasteiger partial charge in [-0.15, -0.1) is 5.10 Å². The van der Waals surface area contributed by atoms with Gasteiger partial charge in [0.2, 0.25) is 17.1 Å². The minimum Gasteiger partial charge on any atom is -0.368 e. The van der Waals surface area contributed by atoms with Gasteiger partial charge in [0.05, 0.1) is 10.9 Å². The van der Waals surface area contributed by atoms with E-state index in [9.17, 15) is 0 Å². The van der Waals surface area contributed by atoms with E-state index in [1.807, 2.05) is 53.1 Å². The summed E-state index contributed by atoms with van der Waals surface area (Å²) in [5.74, 6) is 1.30. The maximum atomic E-state index is 5.83. The number of nitrogen functional groups attached to an aromatic ring is 1. The highest BCUT2D eigenvalue weighted by molar-refractivity contribution is 7.99. The maximum absolute atomic E-state index is 5.83. The van der Waals surface area contributed by atoms with Crippen molar-refractivity contribution in [3.05, 3.63) is 35.2 Å². The van der Waals surface area contributed by atoms with Gasteiger partial charge in [-0.2, -0.15) is 19.6 Å². The molecule has 1 atom stereocenters. The van der Waals surface area contributed by atoms with Crippen LogP contribution in [0.5, 0.6) is 0 Å². The molecule has 1 unspecified atom stereocenters.